The zero-order valence-electron chi connectivity index (χ0n) is 18.7. The lowest BCUT2D eigenvalue weighted by molar-refractivity contribution is -0.123. The Bertz CT molecular complexity index is 1160. The van der Waals surface area contributed by atoms with Crippen LogP contribution in [0.15, 0.2) is 77.7 Å². The summed E-state index contributed by atoms with van der Waals surface area (Å²) in [5, 5.41) is 2.82. The van der Waals surface area contributed by atoms with Gasteiger partial charge in [0.15, 0.2) is 6.61 Å². The minimum Gasteiger partial charge on any atom is -0.494 e. The van der Waals surface area contributed by atoms with Crippen molar-refractivity contribution in [1.29, 1.82) is 0 Å². The highest BCUT2D eigenvalue weighted by atomic mass is 32.2. The van der Waals surface area contributed by atoms with Crippen LogP contribution in [-0.2, 0) is 21.2 Å². The van der Waals surface area contributed by atoms with Crippen molar-refractivity contribution in [1.82, 2.24) is 5.32 Å². The second-order valence-electron chi connectivity index (χ2n) is 7.36. The zero-order chi connectivity index (χ0) is 23.7. The predicted octanol–water partition coefficient (Wildman–Crippen LogP) is 3.93. The van der Waals surface area contributed by atoms with Crippen molar-refractivity contribution in [2.75, 3.05) is 24.5 Å². The van der Waals surface area contributed by atoms with Crippen molar-refractivity contribution >= 4 is 21.6 Å². The highest BCUT2D eigenvalue weighted by Gasteiger charge is 2.16. The van der Waals surface area contributed by atoms with Gasteiger partial charge in [-0.15, -0.1) is 0 Å². The molecule has 1 amide bonds. The lowest BCUT2D eigenvalue weighted by Gasteiger charge is -2.13. The zero-order valence-corrected chi connectivity index (χ0v) is 19.5. The molecule has 0 aromatic heterocycles. The third-order valence-corrected chi connectivity index (χ3v) is 6.19. The summed E-state index contributed by atoms with van der Waals surface area (Å²) >= 11 is 0. The van der Waals surface area contributed by atoms with Gasteiger partial charge in [-0.1, -0.05) is 30.3 Å². The minimum absolute atomic E-state index is 0.105. The van der Waals surface area contributed by atoms with E-state index < -0.39 is 10.0 Å². The van der Waals surface area contributed by atoms with E-state index in [0.717, 1.165) is 12.0 Å². The van der Waals surface area contributed by atoms with Gasteiger partial charge in [0.1, 0.15) is 11.5 Å². The number of rotatable bonds is 11. The van der Waals surface area contributed by atoms with E-state index in [0.29, 0.717) is 35.9 Å². The SMILES string of the molecule is CCOc1ccc(NS(=O)(=O)c2ccc(OCC(=O)NCCc3ccccc3)c(C)c2)cc1. The standard InChI is InChI=1S/C25H28N2O5S/c1-3-31-22-11-9-21(10-12-22)27-33(29,30)23-13-14-24(19(2)17-23)32-18-25(28)26-16-15-20-7-5-4-6-8-20/h4-14,17,27H,3,15-16,18H2,1-2H3,(H,26,28). The number of ether oxygens (including phenoxy) is 2. The summed E-state index contributed by atoms with van der Waals surface area (Å²) in [6.07, 6.45) is 0.736. The minimum atomic E-state index is -3.77. The second-order valence-corrected chi connectivity index (χ2v) is 9.05. The van der Waals surface area contributed by atoms with Gasteiger partial charge < -0.3 is 14.8 Å². The van der Waals surface area contributed by atoms with Gasteiger partial charge >= 0.3 is 0 Å². The Hall–Kier alpha value is -3.52. The smallest absolute Gasteiger partial charge is 0.261 e. The van der Waals surface area contributed by atoms with Crippen molar-refractivity contribution in [3.05, 3.63) is 83.9 Å². The summed E-state index contributed by atoms with van der Waals surface area (Å²) in [6.45, 7) is 4.52. The van der Waals surface area contributed by atoms with E-state index in [-0.39, 0.29) is 17.4 Å². The molecule has 0 aliphatic heterocycles. The van der Waals surface area contributed by atoms with E-state index in [1.807, 2.05) is 37.3 Å². The molecule has 0 aliphatic carbocycles. The number of anilines is 1. The second kappa shape index (κ2) is 11.4. The maximum absolute atomic E-state index is 12.7. The van der Waals surface area contributed by atoms with Crippen LogP contribution in [0.5, 0.6) is 11.5 Å². The summed E-state index contributed by atoms with van der Waals surface area (Å²) in [4.78, 5) is 12.2. The van der Waals surface area contributed by atoms with Crippen molar-refractivity contribution in [2.45, 2.75) is 25.2 Å². The molecule has 0 atom stereocenters. The fraction of sp³-hybridized carbons (Fsp3) is 0.240. The molecule has 7 nitrogen and oxygen atoms in total. The molecule has 2 N–H and O–H groups in total. The fourth-order valence-corrected chi connectivity index (χ4v) is 4.28. The molecule has 0 spiro atoms. The van der Waals surface area contributed by atoms with Crippen LogP contribution in [0, 0.1) is 6.92 Å². The summed E-state index contributed by atoms with van der Waals surface area (Å²) in [5.41, 5.74) is 2.19. The molecule has 0 saturated heterocycles. The number of carbonyl (C=O) groups is 1. The van der Waals surface area contributed by atoms with Crippen molar-refractivity contribution in [2.24, 2.45) is 0 Å². The molecule has 0 radical (unpaired) electrons. The summed E-state index contributed by atoms with van der Waals surface area (Å²) < 4.78 is 39.0. The maximum Gasteiger partial charge on any atom is 0.261 e. The van der Waals surface area contributed by atoms with Gasteiger partial charge in [-0.25, -0.2) is 8.42 Å². The molecule has 8 heteroatoms. The number of hydrogen-bond donors (Lipinski definition) is 2. The van der Waals surface area contributed by atoms with Gasteiger partial charge in [0.05, 0.1) is 11.5 Å². The molecular formula is C25H28N2O5S. The monoisotopic (exact) mass is 468 g/mol. The number of nitrogens with one attached hydrogen (secondary N) is 2. The first-order chi connectivity index (χ1) is 15.9. The van der Waals surface area contributed by atoms with Gasteiger partial charge in [-0.3, -0.25) is 9.52 Å². The van der Waals surface area contributed by atoms with Crippen LogP contribution in [0.3, 0.4) is 0 Å². The van der Waals surface area contributed by atoms with E-state index in [4.69, 9.17) is 9.47 Å². The Labute approximate surface area is 194 Å². The Morgan fingerprint density at radius 1 is 0.939 bits per heavy atom. The number of hydrogen-bond acceptors (Lipinski definition) is 5. The van der Waals surface area contributed by atoms with E-state index in [1.54, 1.807) is 37.3 Å². The Balaban J connectivity index is 1.53. The molecule has 0 fully saturated rings. The Morgan fingerprint density at radius 2 is 1.67 bits per heavy atom. The molecule has 174 valence electrons. The number of carbonyl (C=O) groups excluding carboxylic acids is 1. The van der Waals surface area contributed by atoms with Crippen LogP contribution in [0.1, 0.15) is 18.1 Å². The molecule has 0 heterocycles. The molecule has 33 heavy (non-hydrogen) atoms. The largest absolute Gasteiger partial charge is 0.494 e. The first-order valence-corrected chi connectivity index (χ1v) is 12.2. The molecule has 0 aliphatic rings. The predicted molar refractivity (Wildman–Crippen MR) is 128 cm³/mol. The average molecular weight is 469 g/mol. The van der Waals surface area contributed by atoms with Gasteiger partial charge in [-0.2, -0.15) is 0 Å². The van der Waals surface area contributed by atoms with E-state index >= 15 is 0 Å². The highest BCUT2D eigenvalue weighted by molar-refractivity contribution is 7.92. The lowest BCUT2D eigenvalue weighted by atomic mass is 10.1. The van der Waals surface area contributed by atoms with Crippen molar-refractivity contribution < 1.29 is 22.7 Å². The van der Waals surface area contributed by atoms with E-state index in [1.165, 1.54) is 12.1 Å². The molecular weight excluding hydrogens is 440 g/mol. The fourth-order valence-electron chi connectivity index (χ4n) is 3.14. The first kappa shape index (κ1) is 24.1. The highest BCUT2D eigenvalue weighted by Crippen LogP contribution is 2.24. The van der Waals surface area contributed by atoms with Crippen LogP contribution in [-0.4, -0.2) is 34.1 Å². The van der Waals surface area contributed by atoms with E-state index in [2.05, 4.69) is 10.0 Å². The van der Waals surface area contributed by atoms with Crippen LogP contribution in [0.4, 0.5) is 5.69 Å². The Morgan fingerprint density at radius 3 is 2.33 bits per heavy atom. The Kier molecular flexibility index (Phi) is 8.32. The number of aryl methyl sites for hydroxylation is 1. The van der Waals surface area contributed by atoms with Gasteiger partial charge in [-0.05, 0) is 73.9 Å². The number of amides is 1. The van der Waals surface area contributed by atoms with E-state index in [9.17, 15) is 13.2 Å². The molecule has 0 bridgehead atoms. The van der Waals surface area contributed by atoms with Crippen molar-refractivity contribution in [3.63, 3.8) is 0 Å². The van der Waals surface area contributed by atoms with Gasteiger partial charge in [0.25, 0.3) is 15.9 Å². The third-order valence-electron chi connectivity index (χ3n) is 4.81. The van der Waals surface area contributed by atoms with Crippen LogP contribution >= 0.6 is 0 Å². The summed E-state index contributed by atoms with van der Waals surface area (Å²) in [6, 6.07) is 21.1. The van der Waals surface area contributed by atoms with Crippen molar-refractivity contribution in [3.8, 4) is 11.5 Å². The summed E-state index contributed by atoms with van der Waals surface area (Å²) in [7, 11) is -3.77. The quantitative estimate of drug-likeness (QED) is 0.445. The van der Waals surface area contributed by atoms with Crippen LogP contribution in [0.2, 0.25) is 0 Å². The topological polar surface area (TPSA) is 93.7 Å². The molecule has 0 saturated carbocycles. The first-order valence-electron chi connectivity index (χ1n) is 10.7. The third kappa shape index (κ3) is 7.25. The van der Waals surface area contributed by atoms with Gasteiger partial charge in [0, 0.05) is 12.2 Å². The normalized spacial score (nSPS) is 11.0. The molecule has 3 aromatic rings. The van der Waals surface area contributed by atoms with Crippen LogP contribution < -0.4 is 19.5 Å². The summed E-state index contributed by atoms with van der Waals surface area (Å²) in [5.74, 6) is 0.884. The molecule has 3 aromatic carbocycles. The molecule has 3 rings (SSSR count). The number of benzene rings is 3. The number of sulfonamides is 1. The van der Waals surface area contributed by atoms with Crippen LogP contribution in [0.25, 0.3) is 0 Å². The van der Waals surface area contributed by atoms with Gasteiger partial charge in [0.2, 0.25) is 0 Å². The molecule has 0 unspecified atom stereocenters. The maximum atomic E-state index is 12.7. The lowest BCUT2D eigenvalue weighted by Crippen LogP contribution is -2.30. The average Bonchev–Trinajstić information content (AvgIpc) is 2.80.